The standard InChI is InChI=1S/C24H25ClN2O/c1-6-27-22-13-23(28-5)18(12-21(22)16(2)14-24(27,3)4)11-19(15-26)17-7-9-20(25)10-8-17/h7-14H,6H2,1-5H3/b19-11+. The maximum atomic E-state index is 9.70. The van der Waals surface area contributed by atoms with Gasteiger partial charge < -0.3 is 9.64 Å². The molecule has 0 amide bonds. The van der Waals surface area contributed by atoms with Crippen molar-refractivity contribution in [2.75, 3.05) is 18.6 Å². The Kier molecular flexibility index (Phi) is 5.54. The number of likely N-dealkylation sites (N-methyl/N-ethyl adjacent to an activating group) is 1. The SMILES string of the molecule is CCN1c2cc(OC)c(/C=C(\C#N)c3ccc(Cl)cc3)cc2C(C)=CC1(C)C. The topological polar surface area (TPSA) is 36.3 Å². The lowest BCUT2D eigenvalue weighted by molar-refractivity contribution is 0.413. The van der Waals surface area contributed by atoms with Gasteiger partial charge in [-0.25, -0.2) is 0 Å². The van der Waals surface area contributed by atoms with Gasteiger partial charge in [-0.2, -0.15) is 5.26 Å². The molecule has 3 rings (SSSR count). The molecule has 2 aromatic rings. The summed E-state index contributed by atoms with van der Waals surface area (Å²) in [5, 5.41) is 10.3. The van der Waals surface area contributed by atoms with Crippen LogP contribution in [-0.2, 0) is 0 Å². The predicted octanol–water partition coefficient (Wildman–Crippen LogP) is 6.43. The Labute approximate surface area is 172 Å². The van der Waals surface area contributed by atoms with Crippen LogP contribution in [0.4, 0.5) is 5.69 Å². The normalized spacial score (nSPS) is 15.5. The lowest BCUT2D eigenvalue weighted by atomic mass is 9.87. The molecule has 144 valence electrons. The number of rotatable bonds is 4. The summed E-state index contributed by atoms with van der Waals surface area (Å²) >= 11 is 5.98. The molecule has 3 nitrogen and oxygen atoms in total. The number of halogens is 1. The second kappa shape index (κ2) is 7.73. The minimum atomic E-state index is -0.0602. The fourth-order valence-corrected chi connectivity index (χ4v) is 4.08. The summed E-state index contributed by atoms with van der Waals surface area (Å²) in [6.07, 6.45) is 4.18. The summed E-state index contributed by atoms with van der Waals surface area (Å²) < 4.78 is 5.69. The second-order valence-electron chi connectivity index (χ2n) is 7.51. The first-order valence-electron chi connectivity index (χ1n) is 9.38. The second-order valence-corrected chi connectivity index (χ2v) is 7.95. The third kappa shape index (κ3) is 3.66. The van der Waals surface area contributed by atoms with Gasteiger partial charge in [0.1, 0.15) is 5.75 Å². The molecular weight excluding hydrogens is 368 g/mol. The van der Waals surface area contributed by atoms with Gasteiger partial charge in [-0.1, -0.05) is 29.8 Å². The lowest BCUT2D eigenvalue weighted by Gasteiger charge is -2.43. The molecule has 0 unspecified atom stereocenters. The number of anilines is 1. The summed E-state index contributed by atoms with van der Waals surface area (Å²) in [6, 6.07) is 13.8. The van der Waals surface area contributed by atoms with E-state index >= 15 is 0 Å². The van der Waals surface area contributed by atoms with Crippen molar-refractivity contribution < 1.29 is 4.74 Å². The zero-order chi connectivity index (χ0) is 20.5. The number of nitrogens with zero attached hydrogens (tertiary/aromatic N) is 2. The summed E-state index contributed by atoms with van der Waals surface area (Å²) in [7, 11) is 1.67. The fraction of sp³-hybridized carbons (Fsp3) is 0.292. The Hall–Kier alpha value is -2.70. The van der Waals surface area contributed by atoms with Gasteiger partial charge in [0.2, 0.25) is 0 Å². The van der Waals surface area contributed by atoms with E-state index in [4.69, 9.17) is 16.3 Å². The van der Waals surface area contributed by atoms with Gasteiger partial charge in [0, 0.05) is 34.4 Å². The molecule has 0 radical (unpaired) electrons. The largest absolute Gasteiger partial charge is 0.496 e. The molecule has 0 aromatic heterocycles. The van der Waals surface area contributed by atoms with Crippen molar-refractivity contribution in [2.45, 2.75) is 33.2 Å². The molecule has 1 aliphatic rings. The number of methoxy groups -OCH3 is 1. The zero-order valence-electron chi connectivity index (χ0n) is 17.0. The van der Waals surface area contributed by atoms with Crippen molar-refractivity contribution in [3.05, 3.63) is 64.2 Å². The van der Waals surface area contributed by atoms with E-state index in [1.54, 1.807) is 19.2 Å². The van der Waals surface area contributed by atoms with E-state index in [0.717, 1.165) is 29.1 Å². The molecule has 2 aromatic carbocycles. The van der Waals surface area contributed by atoms with Gasteiger partial charge in [0.15, 0.2) is 0 Å². The van der Waals surface area contributed by atoms with E-state index in [9.17, 15) is 5.26 Å². The fourth-order valence-electron chi connectivity index (χ4n) is 3.95. The van der Waals surface area contributed by atoms with Crippen molar-refractivity contribution >= 4 is 34.5 Å². The number of allylic oxidation sites excluding steroid dienone is 2. The highest BCUT2D eigenvalue weighted by atomic mass is 35.5. The lowest BCUT2D eigenvalue weighted by Crippen LogP contribution is -2.44. The summed E-state index contributed by atoms with van der Waals surface area (Å²) in [4.78, 5) is 2.37. The predicted molar refractivity (Wildman–Crippen MR) is 119 cm³/mol. The van der Waals surface area contributed by atoms with Crippen LogP contribution in [-0.4, -0.2) is 19.2 Å². The van der Waals surface area contributed by atoms with Crippen LogP contribution >= 0.6 is 11.6 Å². The Balaban J connectivity index is 2.17. The molecule has 0 spiro atoms. The van der Waals surface area contributed by atoms with Crippen molar-refractivity contribution in [3.63, 3.8) is 0 Å². The molecule has 0 N–H and O–H groups in total. The molecular formula is C24H25ClN2O. The molecule has 28 heavy (non-hydrogen) atoms. The Morgan fingerprint density at radius 3 is 2.50 bits per heavy atom. The highest BCUT2D eigenvalue weighted by Gasteiger charge is 2.31. The van der Waals surface area contributed by atoms with Crippen LogP contribution in [0.2, 0.25) is 5.02 Å². The van der Waals surface area contributed by atoms with Gasteiger partial charge in [0.25, 0.3) is 0 Å². The maximum Gasteiger partial charge on any atom is 0.128 e. The van der Waals surface area contributed by atoms with E-state index < -0.39 is 0 Å². The quantitative estimate of drug-likeness (QED) is 0.444. The zero-order valence-corrected chi connectivity index (χ0v) is 17.8. The monoisotopic (exact) mass is 392 g/mol. The Morgan fingerprint density at radius 2 is 1.93 bits per heavy atom. The molecule has 4 heteroatoms. The first-order valence-corrected chi connectivity index (χ1v) is 9.75. The maximum absolute atomic E-state index is 9.70. The molecule has 1 aliphatic heterocycles. The first-order chi connectivity index (χ1) is 13.3. The number of hydrogen-bond acceptors (Lipinski definition) is 3. The third-order valence-electron chi connectivity index (χ3n) is 5.22. The van der Waals surface area contributed by atoms with Crippen molar-refractivity contribution in [1.29, 1.82) is 5.26 Å². The highest BCUT2D eigenvalue weighted by Crippen LogP contribution is 2.42. The average Bonchev–Trinajstić information content (AvgIpc) is 2.66. The number of fused-ring (bicyclic) bond motifs is 1. The van der Waals surface area contributed by atoms with Crippen LogP contribution in [0.3, 0.4) is 0 Å². The third-order valence-corrected chi connectivity index (χ3v) is 5.47. The number of hydrogen-bond donors (Lipinski definition) is 0. The molecule has 0 atom stereocenters. The van der Waals surface area contributed by atoms with Crippen LogP contribution in [0.1, 0.15) is 44.4 Å². The summed E-state index contributed by atoms with van der Waals surface area (Å²) in [5.74, 6) is 0.754. The Bertz CT molecular complexity index is 995. The van der Waals surface area contributed by atoms with Crippen LogP contribution in [0.5, 0.6) is 5.75 Å². The van der Waals surface area contributed by atoms with Crippen LogP contribution in [0.15, 0.2) is 42.5 Å². The molecule has 0 saturated heterocycles. The minimum absolute atomic E-state index is 0.0602. The van der Waals surface area contributed by atoms with E-state index in [2.05, 4.69) is 56.9 Å². The number of nitriles is 1. The van der Waals surface area contributed by atoms with Crippen LogP contribution in [0.25, 0.3) is 17.2 Å². The smallest absolute Gasteiger partial charge is 0.128 e. The van der Waals surface area contributed by atoms with Crippen molar-refractivity contribution in [3.8, 4) is 11.8 Å². The van der Waals surface area contributed by atoms with Gasteiger partial charge in [0.05, 0.1) is 24.3 Å². The number of benzene rings is 2. The molecule has 0 aliphatic carbocycles. The van der Waals surface area contributed by atoms with Crippen LogP contribution in [0, 0.1) is 11.3 Å². The van der Waals surface area contributed by atoms with Gasteiger partial charge in [-0.15, -0.1) is 0 Å². The van der Waals surface area contributed by atoms with Crippen molar-refractivity contribution in [1.82, 2.24) is 0 Å². The summed E-state index contributed by atoms with van der Waals surface area (Å²) in [6.45, 7) is 9.64. The molecule has 0 bridgehead atoms. The molecule has 1 heterocycles. The molecule has 0 fully saturated rings. The van der Waals surface area contributed by atoms with E-state index in [-0.39, 0.29) is 5.54 Å². The van der Waals surface area contributed by atoms with Crippen LogP contribution < -0.4 is 9.64 Å². The van der Waals surface area contributed by atoms with Crippen molar-refractivity contribution in [2.24, 2.45) is 0 Å². The molecule has 0 saturated carbocycles. The van der Waals surface area contributed by atoms with E-state index in [1.165, 1.54) is 11.1 Å². The first kappa shape index (κ1) is 20.0. The van der Waals surface area contributed by atoms with Gasteiger partial charge in [-0.3, -0.25) is 0 Å². The van der Waals surface area contributed by atoms with Gasteiger partial charge >= 0.3 is 0 Å². The van der Waals surface area contributed by atoms with E-state index in [0.29, 0.717) is 10.6 Å². The summed E-state index contributed by atoms with van der Waals surface area (Å²) in [5.41, 5.74) is 5.78. The number of ether oxygens (including phenoxy) is 1. The minimum Gasteiger partial charge on any atom is -0.496 e. The Morgan fingerprint density at radius 1 is 1.25 bits per heavy atom. The van der Waals surface area contributed by atoms with E-state index in [1.807, 2.05) is 18.2 Å². The highest BCUT2D eigenvalue weighted by molar-refractivity contribution is 6.30. The van der Waals surface area contributed by atoms with Gasteiger partial charge in [-0.05, 0) is 63.1 Å². The average molecular weight is 393 g/mol.